The van der Waals surface area contributed by atoms with E-state index in [4.69, 9.17) is 0 Å². The lowest BCUT2D eigenvalue weighted by atomic mass is 10.0. The van der Waals surface area contributed by atoms with Crippen LogP contribution >= 0.6 is 0 Å². The van der Waals surface area contributed by atoms with Crippen LogP contribution in [-0.4, -0.2) is 15.5 Å². The van der Waals surface area contributed by atoms with E-state index in [9.17, 15) is 9.59 Å². The topological polar surface area (TPSA) is 77.8 Å². The summed E-state index contributed by atoms with van der Waals surface area (Å²) in [6.07, 6.45) is 0.633. The van der Waals surface area contributed by atoms with Gasteiger partial charge in [-0.2, -0.15) is 0 Å². The summed E-state index contributed by atoms with van der Waals surface area (Å²) in [5.74, 6) is 0.554. The molecular weight excluding hydrogens is 170 g/mol. The van der Waals surface area contributed by atoms with Crippen LogP contribution in [0.2, 0.25) is 0 Å². The van der Waals surface area contributed by atoms with Gasteiger partial charge in [0.25, 0.3) is 5.56 Å². The molecule has 0 fully saturated rings. The standard InChI is InChI=1S/C8H11N3O2/c1-8(2)3-4-5(11-8)9-7(13)10-6(4)12/h3H2,1-2H3,(H3,9,10,11,12,13). The highest BCUT2D eigenvalue weighted by Gasteiger charge is 2.30. The predicted molar refractivity (Wildman–Crippen MR) is 49.1 cm³/mol. The number of fused-ring (bicyclic) bond motifs is 1. The van der Waals surface area contributed by atoms with Gasteiger partial charge in [0.15, 0.2) is 0 Å². The highest BCUT2D eigenvalue weighted by Crippen LogP contribution is 2.26. The number of nitrogens with one attached hydrogen (secondary N) is 3. The van der Waals surface area contributed by atoms with Crippen molar-refractivity contribution in [1.82, 2.24) is 9.97 Å². The summed E-state index contributed by atoms with van der Waals surface area (Å²) >= 11 is 0. The average Bonchev–Trinajstić information content (AvgIpc) is 2.23. The largest absolute Gasteiger partial charge is 0.366 e. The maximum Gasteiger partial charge on any atom is 0.327 e. The number of hydrogen-bond donors (Lipinski definition) is 3. The van der Waals surface area contributed by atoms with Crippen LogP contribution in [0.5, 0.6) is 0 Å². The van der Waals surface area contributed by atoms with Gasteiger partial charge >= 0.3 is 5.69 Å². The number of H-pyrrole nitrogens is 2. The molecule has 2 heterocycles. The molecule has 0 saturated heterocycles. The molecular formula is C8H11N3O2. The Hall–Kier alpha value is -1.52. The maximum atomic E-state index is 11.3. The summed E-state index contributed by atoms with van der Waals surface area (Å²) in [6, 6.07) is 0. The summed E-state index contributed by atoms with van der Waals surface area (Å²) < 4.78 is 0. The molecule has 5 heteroatoms. The minimum Gasteiger partial charge on any atom is -0.366 e. The summed E-state index contributed by atoms with van der Waals surface area (Å²) in [6.45, 7) is 3.95. The molecule has 13 heavy (non-hydrogen) atoms. The Balaban J connectivity index is 2.65. The highest BCUT2D eigenvalue weighted by atomic mass is 16.2. The van der Waals surface area contributed by atoms with Crippen LogP contribution in [0.15, 0.2) is 9.59 Å². The molecule has 5 nitrogen and oxygen atoms in total. The Labute approximate surface area is 74.2 Å². The molecule has 2 rings (SSSR count). The molecule has 0 amide bonds. The van der Waals surface area contributed by atoms with E-state index >= 15 is 0 Å². The van der Waals surface area contributed by atoms with Gasteiger partial charge in [-0.3, -0.25) is 14.8 Å². The van der Waals surface area contributed by atoms with Crippen LogP contribution in [0.25, 0.3) is 0 Å². The first kappa shape index (κ1) is 8.10. The molecule has 0 aromatic carbocycles. The Bertz CT molecular complexity index is 455. The second-order valence-electron chi connectivity index (χ2n) is 3.95. The third-order valence-corrected chi connectivity index (χ3v) is 2.12. The third-order valence-electron chi connectivity index (χ3n) is 2.12. The minimum atomic E-state index is -0.464. The van der Waals surface area contributed by atoms with Gasteiger partial charge in [0.1, 0.15) is 5.82 Å². The SMILES string of the molecule is CC1(C)Cc2c([nH]c(=O)[nH]c2=O)N1. The number of aromatic amines is 2. The fourth-order valence-electron chi connectivity index (χ4n) is 1.61. The molecule has 0 radical (unpaired) electrons. The number of aromatic nitrogens is 2. The van der Waals surface area contributed by atoms with Crippen LogP contribution in [0.3, 0.4) is 0 Å². The molecule has 3 N–H and O–H groups in total. The monoisotopic (exact) mass is 181 g/mol. The summed E-state index contributed by atoms with van der Waals surface area (Å²) in [7, 11) is 0. The van der Waals surface area contributed by atoms with Crippen molar-refractivity contribution in [3.63, 3.8) is 0 Å². The second kappa shape index (κ2) is 2.25. The van der Waals surface area contributed by atoms with E-state index in [-0.39, 0.29) is 11.1 Å². The first-order chi connectivity index (χ1) is 5.98. The minimum absolute atomic E-state index is 0.153. The number of hydrogen-bond acceptors (Lipinski definition) is 3. The zero-order valence-corrected chi connectivity index (χ0v) is 7.52. The fourth-order valence-corrected chi connectivity index (χ4v) is 1.61. The van der Waals surface area contributed by atoms with Gasteiger partial charge in [-0.15, -0.1) is 0 Å². The lowest BCUT2D eigenvalue weighted by molar-refractivity contribution is 0.591. The quantitative estimate of drug-likeness (QED) is 0.519. The van der Waals surface area contributed by atoms with E-state index in [2.05, 4.69) is 15.3 Å². The second-order valence-corrected chi connectivity index (χ2v) is 3.95. The lowest BCUT2D eigenvalue weighted by Crippen LogP contribution is -2.27. The maximum absolute atomic E-state index is 11.3. The lowest BCUT2D eigenvalue weighted by Gasteiger charge is -2.17. The Morgan fingerprint density at radius 3 is 2.62 bits per heavy atom. The van der Waals surface area contributed by atoms with Gasteiger partial charge in [0, 0.05) is 12.0 Å². The molecule has 0 atom stereocenters. The number of anilines is 1. The Morgan fingerprint density at radius 2 is 1.92 bits per heavy atom. The van der Waals surface area contributed by atoms with Crippen LogP contribution in [-0.2, 0) is 6.42 Å². The van der Waals surface area contributed by atoms with Crippen molar-refractivity contribution >= 4 is 5.82 Å². The Morgan fingerprint density at radius 1 is 1.23 bits per heavy atom. The molecule has 1 aliphatic heterocycles. The highest BCUT2D eigenvalue weighted by molar-refractivity contribution is 5.51. The fraction of sp³-hybridized carbons (Fsp3) is 0.500. The van der Waals surface area contributed by atoms with E-state index in [0.29, 0.717) is 17.8 Å². The molecule has 0 aliphatic carbocycles. The molecule has 1 aromatic heterocycles. The van der Waals surface area contributed by atoms with Crippen molar-refractivity contribution in [1.29, 1.82) is 0 Å². The zero-order chi connectivity index (χ0) is 9.64. The van der Waals surface area contributed by atoms with Crippen LogP contribution in [0.1, 0.15) is 19.4 Å². The molecule has 70 valence electrons. The van der Waals surface area contributed by atoms with Gasteiger partial charge in [-0.05, 0) is 13.8 Å². The van der Waals surface area contributed by atoms with E-state index in [0.717, 1.165) is 0 Å². The van der Waals surface area contributed by atoms with Gasteiger partial charge in [0.05, 0.1) is 5.56 Å². The first-order valence-electron chi connectivity index (χ1n) is 4.12. The molecule has 0 spiro atoms. The zero-order valence-electron chi connectivity index (χ0n) is 7.52. The van der Waals surface area contributed by atoms with Crippen molar-refractivity contribution in [2.45, 2.75) is 25.8 Å². The van der Waals surface area contributed by atoms with Crippen molar-refractivity contribution in [3.05, 3.63) is 26.4 Å². The third kappa shape index (κ3) is 1.26. The average molecular weight is 181 g/mol. The van der Waals surface area contributed by atoms with Gasteiger partial charge in [0.2, 0.25) is 0 Å². The van der Waals surface area contributed by atoms with Gasteiger partial charge in [-0.25, -0.2) is 4.79 Å². The summed E-state index contributed by atoms with van der Waals surface area (Å²) in [5.41, 5.74) is -0.282. The molecule has 0 saturated carbocycles. The van der Waals surface area contributed by atoms with Crippen LogP contribution in [0, 0.1) is 0 Å². The van der Waals surface area contributed by atoms with Crippen LogP contribution < -0.4 is 16.6 Å². The van der Waals surface area contributed by atoms with E-state index in [1.165, 1.54) is 0 Å². The predicted octanol–water partition coefficient (Wildman–Crippen LogP) is -0.190. The molecule has 1 aromatic rings. The smallest absolute Gasteiger partial charge is 0.327 e. The molecule has 1 aliphatic rings. The Kier molecular flexibility index (Phi) is 1.40. The molecule has 0 unspecified atom stereocenters. The van der Waals surface area contributed by atoms with Gasteiger partial charge < -0.3 is 5.32 Å². The van der Waals surface area contributed by atoms with E-state index < -0.39 is 5.69 Å². The first-order valence-corrected chi connectivity index (χ1v) is 4.12. The van der Waals surface area contributed by atoms with Crippen LogP contribution in [0.4, 0.5) is 5.82 Å². The van der Waals surface area contributed by atoms with Crippen molar-refractivity contribution < 1.29 is 0 Å². The normalized spacial score (nSPS) is 18.0. The van der Waals surface area contributed by atoms with E-state index in [1.807, 2.05) is 13.8 Å². The van der Waals surface area contributed by atoms with Gasteiger partial charge in [-0.1, -0.05) is 0 Å². The van der Waals surface area contributed by atoms with Crippen molar-refractivity contribution in [3.8, 4) is 0 Å². The van der Waals surface area contributed by atoms with Crippen molar-refractivity contribution in [2.75, 3.05) is 5.32 Å². The number of rotatable bonds is 0. The molecule has 0 bridgehead atoms. The summed E-state index contributed by atoms with van der Waals surface area (Å²) in [5, 5.41) is 3.08. The van der Waals surface area contributed by atoms with Crippen molar-refractivity contribution in [2.24, 2.45) is 0 Å². The van der Waals surface area contributed by atoms with E-state index in [1.54, 1.807) is 0 Å². The summed E-state index contributed by atoms with van der Waals surface area (Å²) in [4.78, 5) is 27.0.